The summed E-state index contributed by atoms with van der Waals surface area (Å²) in [6.45, 7) is 0.185. The molecule has 0 aliphatic carbocycles. The molecule has 108 valence electrons. The molecule has 1 aromatic rings. The second-order valence-electron chi connectivity index (χ2n) is 3.74. The quantitative estimate of drug-likeness (QED) is 0.328. The highest BCUT2D eigenvalue weighted by molar-refractivity contribution is 5.88. The summed E-state index contributed by atoms with van der Waals surface area (Å²) in [6, 6.07) is 2.32. The van der Waals surface area contributed by atoms with E-state index in [9.17, 15) is 19.7 Å². The number of nitrogens with one attached hydrogen (secondary N) is 1. The Morgan fingerprint density at radius 1 is 1.50 bits per heavy atom. The summed E-state index contributed by atoms with van der Waals surface area (Å²) in [5, 5.41) is 22.0. The molecule has 20 heavy (non-hydrogen) atoms. The first kappa shape index (κ1) is 15.3. The fourth-order valence-corrected chi connectivity index (χ4v) is 1.39. The van der Waals surface area contributed by atoms with Gasteiger partial charge in [-0.3, -0.25) is 14.9 Å². The number of esters is 1. The smallest absolute Gasteiger partial charge is 0.356 e. The average Bonchev–Trinajstić information content (AvgIpc) is 2.42. The van der Waals surface area contributed by atoms with Crippen molar-refractivity contribution in [2.24, 2.45) is 0 Å². The Balaban J connectivity index is 2.86. The molecule has 0 fully saturated rings. The number of nitrogens with zero attached hydrogens (tertiary/aromatic N) is 2. The molecule has 0 aliphatic rings. The summed E-state index contributed by atoms with van der Waals surface area (Å²) in [5.41, 5.74) is -0.369. The summed E-state index contributed by atoms with van der Waals surface area (Å²) in [4.78, 5) is 35.7. The summed E-state index contributed by atoms with van der Waals surface area (Å²) < 4.78 is 4.47. The Morgan fingerprint density at radius 3 is 2.75 bits per heavy atom. The van der Waals surface area contributed by atoms with Crippen LogP contribution in [-0.2, 0) is 9.53 Å². The largest absolute Gasteiger partial charge is 0.481 e. The summed E-state index contributed by atoms with van der Waals surface area (Å²) in [7, 11) is 1.17. The molecule has 0 amide bonds. The predicted molar refractivity (Wildman–Crippen MR) is 67.6 cm³/mol. The van der Waals surface area contributed by atoms with Crippen molar-refractivity contribution in [2.75, 3.05) is 19.0 Å². The van der Waals surface area contributed by atoms with E-state index in [1.165, 1.54) is 13.2 Å². The third-order valence-electron chi connectivity index (χ3n) is 2.33. The van der Waals surface area contributed by atoms with Crippen LogP contribution in [0.5, 0.6) is 0 Å². The molecule has 1 rings (SSSR count). The van der Waals surface area contributed by atoms with E-state index in [1.54, 1.807) is 0 Å². The highest BCUT2D eigenvalue weighted by Gasteiger charge is 2.18. The van der Waals surface area contributed by atoms with Crippen molar-refractivity contribution in [3.8, 4) is 0 Å². The minimum Gasteiger partial charge on any atom is -0.481 e. The number of carboxylic acid groups (broad SMARTS) is 1. The Bertz CT molecular complexity index is 531. The van der Waals surface area contributed by atoms with Gasteiger partial charge in [-0.25, -0.2) is 9.78 Å². The predicted octanol–water partition coefficient (Wildman–Crippen LogP) is 1.05. The van der Waals surface area contributed by atoms with E-state index < -0.39 is 16.9 Å². The lowest BCUT2D eigenvalue weighted by molar-refractivity contribution is -0.384. The zero-order chi connectivity index (χ0) is 15.1. The van der Waals surface area contributed by atoms with Gasteiger partial charge >= 0.3 is 17.6 Å². The van der Waals surface area contributed by atoms with Crippen LogP contribution < -0.4 is 5.32 Å². The lowest BCUT2D eigenvalue weighted by Crippen LogP contribution is -2.11. The number of anilines is 1. The molecule has 0 aliphatic heterocycles. The van der Waals surface area contributed by atoms with Crippen LogP contribution in [0.4, 0.5) is 11.5 Å². The molecule has 0 saturated carbocycles. The lowest BCUT2D eigenvalue weighted by Gasteiger charge is -2.06. The van der Waals surface area contributed by atoms with E-state index in [0.29, 0.717) is 0 Å². The van der Waals surface area contributed by atoms with Gasteiger partial charge < -0.3 is 15.2 Å². The molecule has 0 unspecified atom stereocenters. The van der Waals surface area contributed by atoms with Gasteiger partial charge in [-0.15, -0.1) is 0 Å². The van der Waals surface area contributed by atoms with Crippen LogP contribution in [0, 0.1) is 10.1 Å². The third kappa shape index (κ3) is 4.19. The molecule has 9 nitrogen and oxygen atoms in total. The van der Waals surface area contributed by atoms with Gasteiger partial charge in [0.2, 0.25) is 5.82 Å². The maximum absolute atomic E-state index is 11.3. The van der Waals surface area contributed by atoms with Crippen molar-refractivity contribution in [3.63, 3.8) is 0 Å². The molecule has 0 spiro atoms. The van der Waals surface area contributed by atoms with Crippen molar-refractivity contribution in [1.29, 1.82) is 0 Å². The van der Waals surface area contributed by atoms with E-state index in [-0.39, 0.29) is 36.6 Å². The van der Waals surface area contributed by atoms with Crippen molar-refractivity contribution in [2.45, 2.75) is 12.8 Å². The number of ether oxygens (including phenoxy) is 1. The first-order chi connectivity index (χ1) is 9.45. The molecular formula is C11H13N3O6. The summed E-state index contributed by atoms with van der Waals surface area (Å²) in [6.07, 6.45) is 0.202. The normalized spacial score (nSPS) is 9.85. The van der Waals surface area contributed by atoms with Crippen LogP contribution in [0.3, 0.4) is 0 Å². The van der Waals surface area contributed by atoms with Crippen LogP contribution in [0.15, 0.2) is 12.1 Å². The van der Waals surface area contributed by atoms with Crippen molar-refractivity contribution in [1.82, 2.24) is 4.98 Å². The minimum atomic E-state index is -0.961. The second kappa shape index (κ2) is 7.02. The number of nitro groups is 1. The van der Waals surface area contributed by atoms with Crippen LogP contribution in [0.2, 0.25) is 0 Å². The topological polar surface area (TPSA) is 132 Å². The van der Waals surface area contributed by atoms with Gasteiger partial charge in [0.05, 0.1) is 12.0 Å². The number of carboxylic acids is 1. The van der Waals surface area contributed by atoms with Crippen LogP contribution >= 0.6 is 0 Å². The number of carbonyl (C=O) groups is 2. The zero-order valence-corrected chi connectivity index (χ0v) is 10.7. The fourth-order valence-electron chi connectivity index (χ4n) is 1.39. The molecule has 0 bridgehead atoms. The number of hydrogen-bond donors (Lipinski definition) is 2. The highest BCUT2D eigenvalue weighted by Crippen LogP contribution is 2.22. The van der Waals surface area contributed by atoms with Gasteiger partial charge in [-0.2, -0.15) is 0 Å². The maximum atomic E-state index is 11.3. The SMILES string of the molecule is COC(=O)c1ccc([N+](=O)[O-])c(NCCCC(=O)O)n1. The Hall–Kier alpha value is -2.71. The lowest BCUT2D eigenvalue weighted by atomic mass is 10.3. The number of methoxy groups -OCH3 is 1. The van der Waals surface area contributed by atoms with Crippen molar-refractivity contribution >= 4 is 23.4 Å². The van der Waals surface area contributed by atoms with Crippen LogP contribution in [-0.4, -0.2) is 40.6 Å². The van der Waals surface area contributed by atoms with Crippen LogP contribution in [0.1, 0.15) is 23.3 Å². The Morgan fingerprint density at radius 2 is 2.20 bits per heavy atom. The van der Waals surface area contributed by atoms with E-state index in [2.05, 4.69) is 15.0 Å². The Kier molecular flexibility index (Phi) is 5.39. The first-order valence-electron chi connectivity index (χ1n) is 5.65. The Labute approximate surface area is 113 Å². The number of hydrogen-bond acceptors (Lipinski definition) is 7. The van der Waals surface area contributed by atoms with Crippen molar-refractivity contribution in [3.05, 3.63) is 27.9 Å². The number of aliphatic carboxylic acids is 1. The van der Waals surface area contributed by atoms with Gasteiger partial charge in [-0.05, 0) is 12.5 Å². The number of aromatic nitrogens is 1. The van der Waals surface area contributed by atoms with E-state index in [0.717, 1.165) is 6.07 Å². The summed E-state index contributed by atoms with van der Waals surface area (Å²) >= 11 is 0. The molecule has 9 heteroatoms. The first-order valence-corrected chi connectivity index (χ1v) is 5.65. The number of pyridine rings is 1. The average molecular weight is 283 g/mol. The van der Waals surface area contributed by atoms with Crippen molar-refractivity contribution < 1.29 is 24.4 Å². The maximum Gasteiger partial charge on any atom is 0.356 e. The molecule has 1 aromatic heterocycles. The van der Waals surface area contributed by atoms with E-state index in [1.807, 2.05) is 0 Å². The molecule has 1 heterocycles. The van der Waals surface area contributed by atoms with Gasteiger partial charge in [0.25, 0.3) is 0 Å². The molecule has 0 saturated heterocycles. The minimum absolute atomic E-state index is 0.0705. The highest BCUT2D eigenvalue weighted by atomic mass is 16.6. The van der Waals surface area contributed by atoms with Gasteiger partial charge in [0.15, 0.2) is 5.69 Å². The monoisotopic (exact) mass is 283 g/mol. The molecule has 2 N–H and O–H groups in total. The number of carbonyl (C=O) groups excluding carboxylic acids is 1. The number of rotatable bonds is 7. The second-order valence-corrected chi connectivity index (χ2v) is 3.74. The third-order valence-corrected chi connectivity index (χ3v) is 2.33. The van der Waals surface area contributed by atoms with E-state index in [4.69, 9.17) is 5.11 Å². The fraction of sp³-hybridized carbons (Fsp3) is 0.364. The molecule has 0 aromatic carbocycles. The molecule has 0 atom stereocenters. The standard InChI is InChI=1S/C11H13N3O6/c1-20-11(17)7-4-5-8(14(18)19)10(13-7)12-6-2-3-9(15)16/h4-5H,2-3,6H2,1H3,(H,12,13)(H,15,16). The molecular weight excluding hydrogens is 270 g/mol. The van der Waals surface area contributed by atoms with E-state index >= 15 is 0 Å². The summed E-state index contributed by atoms with van der Waals surface area (Å²) in [5.74, 6) is -1.77. The van der Waals surface area contributed by atoms with Crippen LogP contribution in [0.25, 0.3) is 0 Å². The van der Waals surface area contributed by atoms with Gasteiger partial charge in [-0.1, -0.05) is 0 Å². The zero-order valence-electron chi connectivity index (χ0n) is 10.7. The molecule has 0 radical (unpaired) electrons. The van der Waals surface area contributed by atoms with Gasteiger partial charge in [0.1, 0.15) is 0 Å². The van der Waals surface area contributed by atoms with Gasteiger partial charge in [0, 0.05) is 19.0 Å².